The van der Waals surface area contributed by atoms with Crippen LogP contribution in [0.1, 0.15) is 5.56 Å². The Balaban J connectivity index is 1.99. The van der Waals surface area contributed by atoms with E-state index in [4.69, 9.17) is 11.6 Å². The quantitative estimate of drug-likeness (QED) is 0.356. The predicted octanol–water partition coefficient (Wildman–Crippen LogP) is 5.45. The fourth-order valence-electron chi connectivity index (χ4n) is 2.29. The number of non-ortho nitro benzene ring substituents is 1. The number of nitro groups is 1. The third kappa shape index (κ3) is 4.17. The molecule has 0 heterocycles. The maximum Gasteiger partial charge on any atom is 0.271 e. The van der Waals surface area contributed by atoms with Gasteiger partial charge in [0.2, 0.25) is 0 Å². The summed E-state index contributed by atoms with van der Waals surface area (Å²) in [6.45, 7) is 0. The van der Waals surface area contributed by atoms with Gasteiger partial charge < -0.3 is 10.4 Å². The average Bonchev–Trinajstić information content (AvgIpc) is 2.64. The number of nitrogens with zero attached hydrogens (tertiary/aromatic N) is 2. The molecule has 0 bridgehead atoms. The standard InChI is InChI=1S/C19H14ClN3O3/c20-14-6-9-19(24)13(10-14)12-21-18-11-16(23(25)26)7-8-17(18)22-15-4-2-1-3-5-15/h1-12,22,24H. The predicted molar refractivity (Wildman–Crippen MR) is 103 cm³/mol. The molecule has 3 aromatic carbocycles. The molecule has 26 heavy (non-hydrogen) atoms. The van der Waals surface area contributed by atoms with E-state index in [1.54, 1.807) is 18.2 Å². The molecule has 0 saturated heterocycles. The smallest absolute Gasteiger partial charge is 0.271 e. The van der Waals surface area contributed by atoms with Crippen LogP contribution in [0, 0.1) is 10.1 Å². The van der Waals surface area contributed by atoms with Crippen LogP contribution in [0.4, 0.5) is 22.7 Å². The monoisotopic (exact) mass is 367 g/mol. The van der Waals surface area contributed by atoms with Gasteiger partial charge >= 0.3 is 0 Å². The van der Waals surface area contributed by atoms with Crippen LogP contribution in [-0.4, -0.2) is 16.2 Å². The van der Waals surface area contributed by atoms with Crippen LogP contribution in [-0.2, 0) is 0 Å². The van der Waals surface area contributed by atoms with Crippen molar-refractivity contribution in [2.45, 2.75) is 0 Å². The van der Waals surface area contributed by atoms with E-state index in [-0.39, 0.29) is 11.4 Å². The molecule has 130 valence electrons. The first kappa shape index (κ1) is 17.4. The highest BCUT2D eigenvalue weighted by Gasteiger charge is 2.11. The Morgan fingerprint density at radius 3 is 2.58 bits per heavy atom. The third-order valence-corrected chi connectivity index (χ3v) is 3.81. The fraction of sp³-hybridized carbons (Fsp3) is 0. The van der Waals surface area contributed by atoms with Gasteiger partial charge in [-0.15, -0.1) is 0 Å². The minimum absolute atomic E-state index is 0.0150. The molecule has 0 saturated carbocycles. The van der Waals surface area contributed by atoms with E-state index in [0.29, 0.717) is 22.0 Å². The van der Waals surface area contributed by atoms with Crippen molar-refractivity contribution < 1.29 is 10.0 Å². The second-order valence-corrected chi connectivity index (χ2v) is 5.85. The zero-order chi connectivity index (χ0) is 18.5. The molecule has 0 fully saturated rings. The molecule has 2 N–H and O–H groups in total. The average molecular weight is 368 g/mol. The topological polar surface area (TPSA) is 87.8 Å². The summed E-state index contributed by atoms with van der Waals surface area (Å²) in [6.07, 6.45) is 1.41. The molecule has 0 unspecified atom stereocenters. The van der Waals surface area contributed by atoms with Crippen LogP contribution in [0.15, 0.2) is 71.7 Å². The Kier molecular flexibility index (Phi) is 5.15. The van der Waals surface area contributed by atoms with Crippen LogP contribution in [0.5, 0.6) is 5.75 Å². The summed E-state index contributed by atoms with van der Waals surface area (Å²) in [5.74, 6) is 0.0150. The molecule has 0 atom stereocenters. The number of halogens is 1. The fourth-order valence-corrected chi connectivity index (χ4v) is 2.47. The molecule has 0 aromatic heterocycles. The van der Waals surface area contributed by atoms with Crippen molar-refractivity contribution in [3.63, 3.8) is 0 Å². The van der Waals surface area contributed by atoms with Crippen molar-refractivity contribution in [1.29, 1.82) is 0 Å². The normalized spacial score (nSPS) is 10.8. The number of phenolic OH excluding ortho intramolecular Hbond substituents is 1. The summed E-state index contributed by atoms with van der Waals surface area (Å²) in [5, 5.41) is 24.6. The van der Waals surface area contributed by atoms with Gasteiger partial charge in [0, 0.05) is 34.6 Å². The van der Waals surface area contributed by atoms with Gasteiger partial charge in [0.1, 0.15) is 5.75 Å². The van der Waals surface area contributed by atoms with E-state index in [2.05, 4.69) is 10.3 Å². The largest absolute Gasteiger partial charge is 0.507 e. The second-order valence-electron chi connectivity index (χ2n) is 5.41. The molecular formula is C19H14ClN3O3. The van der Waals surface area contributed by atoms with Gasteiger partial charge in [-0.05, 0) is 36.4 Å². The maximum atomic E-state index is 11.1. The lowest BCUT2D eigenvalue weighted by molar-refractivity contribution is -0.384. The van der Waals surface area contributed by atoms with Gasteiger partial charge in [0.05, 0.1) is 16.3 Å². The van der Waals surface area contributed by atoms with Crippen LogP contribution in [0.25, 0.3) is 0 Å². The van der Waals surface area contributed by atoms with E-state index in [1.807, 2.05) is 30.3 Å². The SMILES string of the molecule is O=[N+]([O-])c1ccc(Nc2ccccc2)c(N=Cc2cc(Cl)ccc2O)c1. The lowest BCUT2D eigenvalue weighted by atomic mass is 10.2. The van der Waals surface area contributed by atoms with Gasteiger partial charge in [-0.3, -0.25) is 15.1 Å². The molecule has 3 rings (SSSR count). The van der Waals surface area contributed by atoms with Gasteiger partial charge in [-0.25, -0.2) is 0 Å². The van der Waals surface area contributed by atoms with Gasteiger partial charge in [0.25, 0.3) is 5.69 Å². The molecule has 0 amide bonds. The first-order valence-corrected chi connectivity index (χ1v) is 8.04. The van der Waals surface area contributed by atoms with Crippen LogP contribution < -0.4 is 5.32 Å². The second kappa shape index (κ2) is 7.67. The first-order valence-electron chi connectivity index (χ1n) is 7.66. The maximum absolute atomic E-state index is 11.1. The number of anilines is 2. The molecule has 0 aliphatic heterocycles. The van der Waals surface area contributed by atoms with E-state index in [1.165, 1.54) is 24.4 Å². The van der Waals surface area contributed by atoms with Crippen molar-refractivity contribution in [2.24, 2.45) is 4.99 Å². The Labute approximate surface area is 154 Å². The molecular weight excluding hydrogens is 354 g/mol. The zero-order valence-corrected chi connectivity index (χ0v) is 14.2. The van der Waals surface area contributed by atoms with E-state index >= 15 is 0 Å². The summed E-state index contributed by atoms with van der Waals surface area (Å²) in [6, 6.07) is 18.3. The van der Waals surface area contributed by atoms with Crippen LogP contribution in [0.3, 0.4) is 0 Å². The van der Waals surface area contributed by atoms with Gasteiger partial charge in [-0.1, -0.05) is 29.8 Å². The third-order valence-electron chi connectivity index (χ3n) is 3.58. The highest BCUT2D eigenvalue weighted by atomic mass is 35.5. The Hall–Kier alpha value is -3.38. The molecule has 6 nitrogen and oxygen atoms in total. The Morgan fingerprint density at radius 2 is 1.85 bits per heavy atom. The van der Waals surface area contributed by atoms with E-state index in [0.717, 1.165) is 5.69 Å². The van der Waals surface area contributed by atoms with Crippen molar-refractivity contribution in [3.8, 4) is 5.75 Å². The molecule has 3 aromatic rings. The Morgan fingerprint density at radius 1 is 1.08 bits per heavy atom. The summed E-state index contributed by atoms with van der Waals surface area (Å²) < 4.78 is 0. The van der Waals surface area contributed by atoms with Crippen LogP contribution >= 0.6 is 11.6 Å². The number of rotatable bonds is 5. The molecule has 0 aliphatic carbocycles. The summed E-state index contributed by atoms with van der Waals surface area (Å²) in [7, 11) is 0. The number of para-hydroxylation sites is 1. The Bertz CT molecular complexity index is 975. The molecule has 0 spiro atoms. The highest BCUT2D eigenvalue weighted by molar-refractivity contribution is 6.30. The number of aromatic hydroxyl groups is 1. The number of nitrogens with one attached hydrogen (secondary N) is 1. The molecule has 0 radical (unpaired) electrons. The minimum atomic E-state index is -0.484. The number of nitro benzene ring substituents is 1. The molecule has 7 heteroatoms. The van der Waals surface area contributed by atoms with Gasteiger partial charge in [0.15, 0.2) is 0 Å². The molecule has 0 aliphatic rings. The number of hydrogen-bond acceptors (Lipinski definition) is 5. The van der Waals surface area contributed by atoms with Gasteiger partial charge in [-0.2, -0.15) is 0 Å². The number of hydrogen-bond donors (Lipinski definition) is 2. The van der Waals surface area contributed by atoms with E-state index < -0.39 is 4.92 Å². The number of phenols is 1. The first-order chi connectivity index (χ1) is 12.5. The summed E-state index contributed by atoms with van der Waals surface area (Å²) in [4.78, 5) is 14.9. The van der Waals surface area contributed by atoms with Crippen LogP contribution in [0.2, 0.25) is 5.02 Å². The lowest BCUT2D eigenvalue weighted by Crippen LogP contribution is -1.93. The number of aliphatic imine (C=N–C) groups is 1. The lowest BCUT2D eigenvalue weighted by Gasteiger charge is -2.09. The van der Waals surface area contributed by atoms with Crippen molar-refractivity contribution in [3.05, 3.63) is 87.4 Å². The summed E-state index contributed by atoms with van der Waals surface area (Å²) in [5.41, 5.74) is 2.12. The zero-order valence-electron chi connectivity index (χ0n) is 13.5. The highest BCUT2D eigenvalue weighted by Crippen LogP contribution is 2.32. The van der Waals surface area contributed by atoms with Crippen molar-refractivity contribution in [1.82, 2.24) is 0 Å². The van der Waals surface area contributed by atoms with Crippen molar-refractivity contribution in [2.75, 3.05) is 5.32 Å². The minimum Gasteiger partial charge on any atom is -0.507 e. The number of benzene rings is 3. The van der Waals surface area contributed by atoms with E-state index in [9.17, 15) is 15.2 Å². The van der Waals surface area contributed by atoms with Crippen molar-refractivity contribution >= 4 is 40.6 Å². The summed E-state index contributed by atoms with van der Waals surface area (Å²) >= 11 is 5.93.